The van der Waals surface area contributed by atoms with E-state index in [1.54, 1.807) is 30.3 Å². The Morgan fingerprint density at radius 2 is 1.52 bits per heavy atom. The van der Waals surface area contributed by atoms with Gasteiger partial charge in [-0.25, -0.2) is 8.42 Å². The molecule has 1 N–H and O–H groups in total. The zero-order chi connectivity index (χ0) is 18.3. The van der Waals surface area contributed by atoms with Crippen LogP contribution in [0, 0.1) is 0 Å². The lowest BCUT2D eigenvalue weighted by molar-refractivity contribution is 0.267. The molecule has 0 saturated carbocycles. The number of ether oxygens (including phenoxy) is 2. The first kappa shape index (κ1) is 19.6. The second kappa shape index (κ2) is 9.10. The Balaban J connectivity index is 2.27. The van der Waals surface area contributed by atoms with E-state index in [1.165, 1.54) is 12.1 Å². The summed E-state index contributed by atoms with van der Waals surface area (Å²) in [4.78, 5) is 0.130. The van der Waals surface area contributed by atoms with Gasteiger partial charge in [-0.15, -0.1) is 0 Å². The second-order valence-electron chi connectivity index (χ2n) is 5.42. The minimum Gasteiger partial charge on any atom is -0.490 e. The van der Waals surface area contributed by atoms with Crippen LogP contribution in [-0.2, 0) is 10.0 Å². The lowest BCUT2D eigenvalue weighted by atomic mass is 10.3. The highest BCUT2D eigenvalue weighted by Gasteiger charge is 2.17. The summed E-state index contributed by atoms with van der Waals surface area (Å²) in [5.41, 5.74) is 0.491. The lowest BCUT2D eigenvalue weighted by Crippen LogP contribution is -2.13. The zero-order valence-corrected chi connectivity index (χ0v) is 16.7. The summed E-state index contributed by atoms with van der Waals surface area (Å²) in [5, 5.41) is 0. The monoisotopic (exact) mass is 427 g/mol. The van der Waals surface area contributed by atoms with Crippen molar-refractivity contribution in [3.63, 3.8) is 0 Å². The highest BCUT2D eigenvalue weighted by molar-refractivity contribution is 9.10. The number of hydrogen-bond donors (Lipinski definition) is 1. The number of hydrogen-bond acceptors (Lipinski definition) is 4. The third kappa shape index (κ3) is 5.64. The average molecular weight is 428 g/mol. The van der Waals surface area contributed by atoms with Crippen LogP contribution in [0.5, 0.6) is 11.5 Å². The van der Waals surface area contributed by atoms with E-state index in [1.807, 2.05) is 13.8 Å². The van der Waals surface area contributed by atoms with Crippen LogP contribution >= 0.6 is 15.9 Å². The van der Waals surface area contributed by atoms with E-state index in [2.05, 4.69) is 20.7 Å². The van der Waals surface area contributed by atoms with Gasteiger partial charge in [0, 0.05) is 16.2 Å². The first-order chi connectivity index (χ1) is 12.0. The molecule has 25 heavy (non-hydrogen) atoms. The van der Waals surface area contributed by atoms with Crippen molar-refractivity contribution in [2.75, 3.05) is 17.9 Å². The quantitative estimate of drug-likeness (QED) is 0.622. The molecule has 2 rings (SSSR count). The molecular formula is C18H22BrNO4S. The molecule has 0 fully saturated rings. The van der Waals surface area contributed by atoms with Gasteiger partial charge < -0.3 is 9.47 Å². The molecule has 0 bridgehead atoms. The van der Waals surface area contributed by atoms with Crippen LogP contribution in [0.1, 0.15) is 26.7 Å². The van der Waals surface area contributed by atoms with Crippen molar-refractivity contribution in [1.29, 1.82) is 0 Å². The molecule has 0 aliphatic carbocycles. The fourth-order valence-electron chi connectivity index (χ4n) is 2.04. The molecule has 136 valence electrons. The first-order valence-corrected chi connectivity index (χ1v) is 10.4. The Kier molecular flexibility index (Phi) is 7.13. The molecule has 0 spiro atoms. The van der Waals surface area contributed by atoms with Crippen molar-refractivity contribution in [2.24, 2.45) is 0 Å². The van der Waals surface area contributed by atoms with Crippen LogP contribution in [0.25, 0.3) is 0 Å². The summed E-state index contributed by atoms with van der Waals surface area (Å²) in [7, 11) is -3.71. The van der Waals surface area contributed by atoms with Gasteiger partial charge in [-0.2, -0.15) is 0 Å². The second-order valence-corrected chi connectivity index (χ2v) is 8.02. The fourth-order valence-corrected chi connectivity index (χ4v) is 3.38. The third-order valence-corrected chi connectivity index (χ3v) is 5.15. The van der Waals surface area contributed by atoms with Crippen molar-refractivity contribution in [2.45, 2.75) is 31.6 Å². The lowest BCUT2D eigenvalue weighted by Gasteiger charge is -2.14. The summed E-state index contributed by atoms with van der Waals surface area (Å²) in [5.74, 6) is 0.992. The van der Waals surface area contributed by atoms with Gasteiger partial charge in [-0.3, -0.25) is 4.72 Å². The maximum Gasteiger partial charge on any atom is 0.262 e. The molecule has 2 aromatic carbocycles. The number of benzene rings is 2. The summed E-state index contributed by atoms with van der Waals surface area (Å²) >= 11 is 3.32. The van der Waals surface area contributed by atoms with E-state index >= 15 is 0 Å². The van der Waals surface area contributed by atoms with Crippen LogP contribution in [0.3, 0.4) is 0 Å². The van der Waals surface area contributed by atoms with E-state index in [9.17, 15) is 8.42 Å². The van der Waals surface area contributed by atoms with Crippen molar-refractivity contribution in [3.05, 3.63) is 46.9 Å². The molecule has 5 nitrogen and oxygen atoms in total. The molecule has 7 heteroatoms. The van der Waals surface area contributed by atoms with Gasteiger partial charge >= 0.3 is 0 Å². The topological polar surface area (TPSA) is 64.6 Å². The molecule has 0 aliphatic heterocycles. The highest BCUT2D eigenvalue weighted by atomic mass is 79.9. The van der Waals surface area contributed by atoms with Gasteiger partial charge in [0.05, 0.1) is 18.1 Å². The highest BCUT2D eigenvalue weighted by Crippen LogP contribution is 2.31. The van der Waals surface area contributed by atoms with Crippen LogP contribution in [-0.4, -0.2) is 21.6 Å². The van der Waals surface area contributed by atoms with Gasteiger partial charge in [-0.1, -0.05) is 29.8 Å². The van der Waals surface area contributed by atoms with Crippen LogP contribution in [0.2, 0.25) is 0 Å². The predicted octanol–water partition coefficient (Wildman–Crippen LogP) is 4.83. The molecule has 0 saturated heterocycles. The largest absolute Gasteiger partial charge is 0.490 e. The van der Waals surface area contributed by atoms with Gasteiger partial charge in [0.15, 0.2) is 11.5 Å². The molecule has 0 aliphatic rings. The predicted molar refractivity (Wildman–Crippen MR) is 103 cm³/mol. The summed E-state index contributed by atoms with van der Waals surface area (Å²) < 4.78 is 40.0. The molecule has 0 radical (unpaired) electrons. The van der Waals surface area contributed by atoms with Crippen LogP contribution < -0.4 is 14.2 Å². The number of sulfonamides is 1. The smallest absolute Gasteiger partial charge is 0.262 e. The third-order valence-electron chi connectivity index (χ3n) is 3.25. The minimum atomic E-state index is -3.71. The average Bonchev–Trinajstić information content (AvgIpc) is 2.60. The Bertz CT molecular complexity index is 791. The van der Waals surface area contributed by atoms with E-state index in [4.69, 9.17) is 9.47 Å². The normalized spacial score (nSPS) is 11.2. The van der Waals surface area contributed by atoms with Gasteiger partial charge in [-0.05, 0) is 49.2 Å². The van der Waals surface area contributed by atoms with E-state index < -0.39 is 10.0 Å². The van der Waals surface area contributed by atoms with Gasteiger partial charge in [0.2, 0.25) is 0 Å². The SMILES string of the molecule is CCCOc1ccc(S(=O)(=O)Nc2ccc(Br)cc2)cc1OCCC. The van der Waals surface area contributed by atoms with E-state index in [0.29, 0.717) is 30.4 Å². The molecule has 0 atom stereocenters. The summed E-state index contributed by atoms with van der Waals surface area (Å²) in [6.45, 7) is 5.04. The number of anilines is 1. The molecule has 2 aromatic rings. The minimum absolute atomic E-state index is 0.130. The Morgan fingerprint density at radius 3 is 2.12 bits per heavy atom. The number of rotatable bonds is 9. The zero-order valence-electron chi connectivity index (χ0n) is 14.3. The van der Waals surface area contributed by atoms with E-state index in [-0.39, 0.29) is 4.90 Å². The van der Waals surface area contributed by atoms with Crippen molar-refractivity contribution < 1.29 is 17.9 Å². The number of halogens is 1. The van der Waals surface area contributed by atoms with Gasteiger partial charge in [0.1, 0.15) is 0 Å². The Morgan fingerprint density at radius 1 is 0.920 bits per heavy atom. The standard InChI is InChI=1S/C18H22BrNO4S/c1-3-11-23-17-10-9-16(13-18(17)24-12-4-2)25(21,22)20-15-7-5-14(19)6-8-15/h5-10,13,20H,3-4,11-12H2,1-2H3. The Hall–Kier alpha value is -1.73. The Labute approximate surface area is 157 Å². The van der Waals surface area contributed by atoms with Crippen molar-refractivity contribution in [3.8, 4) is 11.5 Å². The molecule has 0 unspecified atom stereocenters. The maximum atomic E-state index is 12.6. The van der Waals surface area contributed by atoms with E-state index in [0.717, 1.165) is 17.3 Å². The molecule has 0 heterocycles. The summed E-state index contributed by atoms with van der Waals surface area (Å²) in [6.07, 6.45) is 1.68. The fraction of sp³-hybridized carbons (Fsp3) is 0.333. The molecule has 0 aromatic heterocycles. The van der Waals surface area contributed by atoms with Crippen molar-refractivity contribution in [1.82, 2.24) is 0 Å². The van der Waals surface area contributed by atoms with Crippen LogP contribution in [0.15, 0.2) is 51.8 Å². The number of nitrogens with one attached hydrogen (secondary N) is 1. The summed E-state index contributed by atoms with van der Waals surface area (Å²) in [6, 6.07) is 11.6. The first-order valence-electron chi connectivity index (χ1n) is 8.14. The molecule has 0 amide bonds. The molecular weight excluding hydrogens is 406 g/mol. The van der Waals surface area contributed by atoms with Gasteiger partial charge in [0.25, 0.3) is 10.0 Å². The van der Waals surface area contributed by atoms with Crippen LogP contribution in [0.4, 0.5) is 5.69 Å². The maximum absolute atomic E-state index is 12.6. The van der Waals surface area contributed by atoms with Crippen molar-refractivity contribution >= 4 is 31.6 Å².